The van der Waals surface area contributed by atoms with Crippen molar-refractivity contribution in [1.29, 1.82) is 0 Å². The number of carbonyl (C=O) groups is 1. The predicted octanol–water partition coefficient (Wildman–Crippen LogP) is 3.99. The lowest BCUT2D eigenvalue weighted by atomic mass is 10.1. The Morgan fingerprint density at radius 2 is 1.65 bits per heavy atom. The second-order valence-corrected chi connectivity index (χ2v) is 7.28. The van der Waals surface area contributed by atoms with Crippen LogP contribution in [0, 0.1) is 0 Å². The standard InChI is InChI=1S/C21H27NO3S/c1-15(2)25-19-11-9-17(10-12-19)13-20(22-16(3)26)21(23)24-14-18-7-5-4-6-8-18/h4-12,15-16,20,22,26H,13-14H2,1-3H3/t16?,20-/m0/s1. The van der Waals surface area contributed by atoms with E-state index in [-0.39, 0.29) is 24.1 Å². The molecule has 0 bridgehead atoms. The maximum absolute atomic E-state index is 12.5. The van der Waals surface area contributed by atoms with Gasteiger partial charge in [0.15, 0.2) is 0 Å². The Kier molecular flexibility index (Phi) is 8.01. The number of hydrogen-bond acceptors (Lipinski definition) is 5. The van der Waals surface area contributed by atoms with Crippen LogP contribution in [0.3, 0.4) is 0 Å². The van der Waals surface area contributed by atoms with Gasteiger partial charge in [0.1, 0.15) is 18.4 Å². The SMILES string of the molecule is CC(S)N[C@@H](Cc1ccc(OC(C)C)cc1)C(=O)OCc1ccccc1. The lowest BCUT2D eigenvalue weighted by molar-refractivity contribution is -0.147. The van der Waals surface area contributed by atoms with Crippen molar-refractivity contribution in [2.24, 2.45) is 0 Å². The maximum atomic E-state index is 12.5. The van der Waals surface area contributed by atoms with Gasteiger partial charge in [-0.15, -0.1) is 0 Å². The second kappa shape index (κ2) is 10.2. The summed E-state index contributed by atoms with van der Waals surface area (Å²) in [7, 11) is 0. The smallest absolute Gasteiger partial charge is 0.323 e. The zero-order chi connectivity index (χ0) is 18.9. The van der Waals surface area contributed by atoms with Crippen molar-refractivity contribution in [3.63, 3.8) is 0 Å². The second-order valence-electron chi connectivity index (χ2n) is 6.50. The molecule has 0 amide bonds. The summed E-state index contributed by atoms with van der Waals surface area (Å²) in [6, 6.07) is 17.0. The van der Waals surface area contributed by atoms with Gasteiger partial charge in [-0.2, -0.15) is 12.6 Å². The summed E-state index contributed by atoms with van der Waals surface area (Å²) in [6.07, 6.45) is 0.661. The van der Waals surface area contributed by atoms with Crippen molar-refractivity contribution < 1.29 is 14.3 Å². The van der Waals surface area contributed by atoms with Gasteiger partial charge in [0.05, 0.1) is 6.10 Å². The third-order valence-corrected chi connectivity index (χ3v) is 3.83. The molecule has 0 radical (unpaired) electrons. The molecule has 2 aromatic rings. The van der Waals surface area contributed by atoms with E-state index in [1.54, 1.807) is 0 Å². The van der Waals surface area contributed by atoms with Gasteiger partial charge in [0, 0.05) is 5.37 Å². The number of thiol groups is 1. The highest BCUT2D eigenvalue weighted by Gasteiger charge is 2.21. The van der Waals surface area contributed by atoms with Crippen molar-refractivity contribution in [2.75, 3.05) is 0 Å². The molecule has 0 aliphatic carbocycles. The van der Waals surface area contributed by atoms with Gasteiger partial charge in [0.2, 0.25) is 0 Å². The van der Waals surface area contributed by atoms with E-state index in [1.165, 1.54) is 0 Å². The number of nitrogens with one attached hydrogen (secondary N) is 1. The third kappa shape index (κ3) is 7.10. The van der Waals surface area contributed by atoms with Crippen LogP contribution in [0.25, 0.3) is 0 Å². The molecule has 1 unspecified atom stereocenters. The molecule has 2 aromatic carbocycles. The lowest BCUT2D eigenvalue weighted by Crippen LogP contribution is -2.42. The van der Waals surface area contributed by atoms with Crippen LogP contribution in [0.5, 0.6) is 5.75 Å². The van der Waals surface area contributed by atoms with E-state index in [9.17, 15) is 4.79 Å². The van der Waals surface area contributed by atoms with Gasteiger partial charge in [-0.05, 0) is 50.5 Å². The molecule has 26 heavy (non-hydrogen) atoms. The van der Waals surface area contributed by atoms with Crippen molar-refractivity contribution >= 4 is 18.6 Å². The van der Waals surface area contributed by atoms with Crippen LogP contribution in [0.4, 0.5) is 0 Å². The Morgan fingerprint density at radius 1 is 1.00 bits per heavy atom. The first-order valence-electron chi connectivity index (χ1n) is 8.84. The molecule has 140 valence electrons. The lowest BCUT2D eigenvalue weighted by Gasteiger charge is -2.20. The largest absolute Gasteiger partial charge is 0.491 e. The Balaban J connectivity index is 1.98. The van der Waals surface area contributed by atoms with Crippen LogP contribution >= 0.6 is 12.6 Å². The molecular weight excluding hydrogens is 346 g/mol. The molecule has 0 saturated heterocycles. The number of esters is 1. The summed E-state index contributed by atoms with van der Waals surface area (Å²) in [5.41, 5.74) is 2.00. The molecule has 0 heterocycles. The number of ether oxygens (including phenoxy) is 2. The summed E-state index contributed by atoms with van der Waals surface area (Å²) in [6.45, 7) is 6.13. The number of hydrogen-bond donors (Lipinski definition) is 2. The highest BCUT2D eigenvalue weighted by atomic mass is 32.1. The number of carbonyl (C=O) groups excluding carboxylic acids is 1. The summed E-state index contributed by atoms with van der Waals surface area (Å²) >= 11 is 4.35. The van der Waals surface area contributed by atoms with Gasteiger partial charge in [0.25, 0.3) is 0 Å². The first kappa shape index (κ1) is 20.3. The summed E-state index contributed by atoms with van der Waals surface area (Å²) in [4.78, 5) is 12.5. The van der Waals surface area contributed by atoms with Crippen LogP contribution in [0.2, 0.25) is 0 Å². The number of benzene rings is 2. The Labute approximate surface area is 161 Å². The van der Waals surface area contributed by atoms with Crippen molar-refractivity contribution in [2.45, 2.75) is 51.3 Å². The molecule has 4 nitrogen and oxygen atoms in total. The minimum absolute atomic E-state index is 0.118. The minimum atomic E-state index is -0.455. The molecule has 2 rings (SSSR count). The van der Waals surface area contributed by atoms with E-state index in [0.717, 1.165) is 16.9 Å². The molecule has 0 aliphatic rings. The molecule has 0 saturated carbocycles. The van der Waals surface area contributed by atoms with E-state index in [2.05, 4.69) is 17.9 Å². The summed E-state index contributed by atoms with van der Waals surface area (Å²) in [5, 5.41) is 3.05. The highest BCUT2D eigenvalue weighted by Crippen LogP contribution is 2.16. The molecule has 1 N–H and O–H groups in total. The Bertz CT molecular complexity index is 671. The zero-order valence-electron chi connectivity index (χ0n) is 15.5. The zero-order valence-corrected chi connectivity index (χ0v) is 16.4. The van der Waals surface area contributed by atoms with Crippen molar-refractivity contribution in [3.8, 4) is 5.75 Å². The van der Waals surface area contributed by atoms with Gasteiger partial charge in [-0.3, -0.25) is 10.1 Å². The van der Waals surface area contributed by atoms with Gasteiger partial charge in [-0.25, -0.2) is 0 Å². The fourth-order valence-electron chi connectivity index (χ4n) is 2.54. The van der Waals surface area contributed by atoms with Crippen molar-refractivity contribution in [3.05, 3.63) is 65.7 Å². The third-order valence-electron chi connectivity index (χ3n) is 3.69. The first-order valence-corrected chi connectivity index (χ1v) is 9.36. The van der Waals surface area contributed by atoms with E-state index >= 15 is 0 Å². The predicted molar refractivity (Wildman–Crippen MR) is 108 cm³/mol. The van der Waals surface area contributed by atoms with Crippen LogP contribution in [-0.4, -0.2) is 23.5 Å². The van der Waals surface area contributed by atoms with Gasteiger partial charge >= 0.3 is 5.97 Å². The van der Waals surface area contributed by atoms with E-state index in [4.69, 9.17) is 9.47 Å². The Hall–Kier alpha value is -1.98. The maximum Gasteiger partial charge on any atom is 0.323 e. The quantitative estimate of drug-likeness (QED) is 0.396. The van der Waals surface area contributed by atoms with Gasteiger partial charge < -0.3 is 9.47 Å². The highest BCUT2D eigenvalue weighted by molar-refractivity contribution is 7.80. The normalized spacial score (nSPS) is 13.3. The average molecular weight is 374 g/mol. The molecule has 0 spiro atoms. The summed E-state index contributed by atoms with van der Waals surface area (Å²) < 4.78 is 11.1. The molecule has 0 fully saturated rings. The number of rotatable bonds is 9. The molecule has 0 aliphatic heterocycles. The van der Waals surface area contributed by atoms with E-state index in [0.29, 0.717) is 6.42 Å². The fraction of sp³-hybridized carbons (Fsp3) is 0.381. The molecule has 5 heteroatoms. The van der Waals surface area contributed by atoms with Crippen LogP contribution in [0.1, 0.15) is 31.9 Å². The van der Waals surface area contributed by atoms with Crippen molar-refractivity contribution in [1.82, 2.24) is 5.32 Å². The molecular formula is C21H27NO3S. The molecule has 2 atom stereocenters. The average Bonchev–Trinajstić information content (AvgIpc) is 2.61. The first-order chi connectivity index (χ1) is 12.4. The van der Waals surface area contributed by atoms with Crippen LogP contribution in [-0.2, 0) is 22.6 Å². The monoisotopic (exact) mass is 373 g/mol. The Morgan fingerprint density at radius 3 is 2.23 bits per heavy atom. The minimum Gasteiger partial charge on any atom is -0.491 e. The van der Waals surface area contributed by atoms with Crippen LogP contribution in [0.15, 0.2) is 54.6 Å². The van der Waals surface area contributed by atoms with Crippen LogP contribution < -0.4 is 10.1 Å². The van der Waals surface area contributed by atoms with Gasteiger partial charge in [-0.1, -0.05) is 42.5 Å². The van der Waals surface area contributed by atoms with E-state index < -0.39 is 6.04 Å². The molecule has 0 aromatic heterocycles. The summed E-state index contributed by atoms with van der Waals surface area (Å²) in [5.74, 6) is 0.541. The topological polar surface area (TPSA) is 47.6 Å². The van der Waals surface area contributed by atoms with E-state index in [1.807, 2.05) is 75.4 Å². The fourth-order valence-corrected chi connectivity index (χ4v) is 2.72.